The Morgan fingerprint density at radius 1 is 1.32 bits per heavy atom. The maximum absolute atomic E-state index is 12.9. The highest BCUT2D eigenvalue weighted by Crippen LogP contribution is 2.34. The van der Waals surface area contributed by atoms with Crippen molar-refractivity contribution in [1.82, 2.24) is 14.9 Å². The van der Waals surface area contributed by atoms with Crippen LogP contribution in [0.5, 0.6) is 0 Å². The van der Waals surface area contributed by atoms with E-state index in [4.69, 9.17) is 0 Å². The molecular formula is C20H23N3O2S3. The summed E-state index contributed by atoms with van der Waals surface area (Å²) in [5.41, 5.74) is 0.891. The number of thiophene rings is 2. The largest absolute Gasteiger partial charge is 0.353 e. The molecule has 1 aliphatic rings. The number of thioether (sulfide) groups is 1. The molecular weight excluding hydrogens is 410 g/mol. The first-order valence-electron chi connectivity index (χ1n) is 9.47. The molecule has 8 heteroatoms. The van der Waals surface area contributed by atoms with E-state index < -0.39 is 0 Å². The average Bonchev–Trinajstić information content (AvgIpc) is 3.35. The number of aromatic nitrogens is 2. The van der Waals surface area contributed by atoms with Crippen molar-refractivity contribution in [1.29, 1.82) is 0 Å². The number of nitrogens with one attached hydrogen (secondary N) is 1. The van der Waals surface area contributed by atoms with Gasteiger partial charge in [-0.15, -0.1) is 22.7 Å². The minimum Gasteiger partial charge on any atom is -0.353 e. The first kappa shape index (κ1) is 19.7. The minimum atomic E-state index is -0.0566. The number of amides is 1. The molecule has 1 N–H and O–H groups in total. The van der Waals surface area contributed by atoms with Gasteiger partial charge < -0.3 is 5.32 Å². The van der Waals surface area contributed by atoms with E-state index in [1.807, 2.05) is 22.9 Å². The van der Waals surface area contributed by atoms with Crippen LogP contribution in [0.3, 0.4) is 0 Å². The van der Waals surface area contributed by atoms with E-state index in [9.17, 15) is 9.59 Å². The molecule has 0 radical (unpaired) electrons. The summed E-state index contributed by atoms with van der Waals surface area (Å²) in [6, 6.07) is 4.29. The van der Waals surface area contributed by atoms with Crippen LogP contribution in [0, 0.1) is 5.92 Å². The molecule has 1 saturated carbocycles. The highest BCUT2D eigenvalue weighted by atomic mass is 32.2. The zero-order chi connectivity index (χ0) is 19.7. The smallest absolute Gasteiger partial charge is 0.263 e. The number of nitrogens with zero attached hydrogens (tertiary/aromatic N) is 2. The second-order valence-corrected chi connectivity index (χ2v) is 10.1. The fourth-order valence-electron chi connectivity index (χ4n) is 3.60. The summed E-state index contributed by atoms with van der Waals surface area (Å²) in [6.07, 6.45) is 4.47. The lowest BCUT2D eigenvalue weighted by atomic mass is 9.87. The fraction of sp³-hybridized carbons (Fsp3) is 0.450. The highest BCUT2D eigenvalue weighted by molar-refractivity contribution is 7.99. The number of carbonyl (C=O) groups is 1. The van der Waals surface area contributed by atoms with Crippen LogP contribution in [-0.2, 0) is 11.8 Å². The Morgan fingerprint density at radius 2 is 2.11 bits per heavy atom. The quantitative estimate of drug-likeness (QED) is 0.475. The fourth-order valence-corrected chi connectivity index (χ4v) is 6.18. The van der Waals surface area contributed by atoms with Crippen LogP contribution in [0.2, 0.25) is 0 Å². The van der Waals surface area contributed by atoms with Crippen LogP contribution in [0.4, 0.5) is 0 Å². The van der Waals surface area contributed by atoms with Crippen LogP contribution >= 0.6 is 34.4 Å². The van der Waals surface area contributed by atoms with Crippen LogP contribution in [0.1, 0.15) is 32.6 Å². The lowest BCUT2D eigenvalue weighted by molar-refractivity contribution is -0.119. The average molecular weight is 434 g/mol. The third-order valence-corrected chi connectivity index (χ3v) is 8.08. The predicted molar refractivity (Wildman–Crippen MR) is 118 cm³/mol. The van der Waals surface area contributed by atoms with Crippen molar-refractivity contribution in [3.63, 3.8) is 0 Å². The molecule has 1 amide bonds. The summed E-state index contributed by atoms with van der Waals surface area (Å²) in [5, 5.41) is 8.39. The number of hydrogen-bond acceptors (Lipinski definition) is 6. The number of fused-ring (bicyclic) bond motifs is 1. The van der Waals surface area contributed by atoms with Gasteiger partial charge in [0.1, 0.15) is 4.83 Å². The molecule has 1 fully saturated rings. The van der Waals surface area contributed by atoms with Crippen LogP contribution in [0.15, 0.2) is 32.8 Å². The van der Waals surface area contributed by atoms with Crippen molar-refractivity contribution in [2.75, 3.05) is 5.75 Å². The van der Waals surface area contributed by atoms with E-state index in [1.54, 1.807) is 23.0 Å². The lowest BCUT2D eigenvalue weighted by Gasteiger charge is -2.26. The van der Waals surface area contributed by atoms with Crippen molar-refractivity contribution < 1.29 is 4.79 Å². The van der Waals surface area contributed by atoms with Gasteiger partial charge in [-0.05, 0) is 43.0 Å². The standard InChI is InChI=1S/C20H23N3O2S3/c1-12-5-7-13(8-6-12)21-16(24)11-28-20-22-18-17(19(25)23(20)2)14(10-27-18)15-4-3-9-26-15/h3-4,9-10,12-13H,5-8,11H2,1-2H3,(H,21,24). The Hall–Kier alpha value is -1.64. The van der Waals surface area contributed by atoms with Gasteiger partial charge in [-0.2, -0.15) is 0 Å². The highest BCUT2D eigenvalue weighted by Gasteiger charge is 2.21. The van der Waals surface area contributed by atoms with Crippen LogP contribution in [0.25, 0.3) is 20.7 Å². The van der Waals surface area contributed by atoms with Crippen molar-refractivity contribution in [2.24, 2.45) is 13.0 Å². The topological polar surface area (TPSA) is 64.0 Å². The molecule has 0 aromatic carbocycles. The van der Waals surface area contributed by atoms with Gasteiger partial charge in [-0.25, -0.2) is 4.98 Å². The molecule has 5 nitrogen and oxygen atoms in total. The Bertz CT molecular complexity index is 1030. The van der Waals surface area contributed by atoms with Crippen molar-refractivity contribution in [3.05, 3.63) is 33.2 Å². The predicted octanol–water partition coefficient (Wildman–Crippen LogP) is 4.51. The molecule has 0 aliphatic heterocycles. The molecule has 28 heavy (non-hydrogen) atoms. The van der Waals surface area contributed by atoms with Gasteiger partial charge in [-0.1, -0.05) is 24.8 Å². The van der Waals surface area contributed by atoms with Gasteiger partial charge in [0.05, 0.1) is 11.1 Å². The maximum Gasteiger partial charge on any atom is 0.263 e. The van der Waals surface area contributed by atoms with Gasteiger partial charge in [0, 0.05) is 28.9 Å². The zero-order valence-electron chi connectivity index (χ0n) is 15.9. The second-order valence-electron chi connectivity index (χ2n) is 7.38. The molecule has 3 aromatic heterocycles. The Kier molecular flexibility index (Phi) is 5.89. The molecule has 3 aromatic rings. The van der Waals surface area contributed by atoms with Crippen molar-refractivity contribution in [2.45, 2.75) is 43.8 Å². The summed E-state index contributed by atoms with van der Waals surface area (Å²) in [5.74, 6) is 1.06. The molecule has 3 heterocycles. The van der Waals surface area contributed by atoms with Crippen molar-refractivity contribution in [3.8, 4) is 10.4 Å². The first-order chi connectivity index (χ1) is 13.5. The summed E-state index contributed by atoms with van der Waals surface area (Å²) in [6.45, 7) is 2.27. The molecule has 0 bridgehead atoms. The van der Waals surface area contributed by atoms with Crippen LogP contribution < -0.4 is 10.9 Å². The number of rotatable bonds is 5. The minimum absolute atomic E-state index is 0.0179. The number of carbonyl (C=O) groups excluding carboxylic acids is 1. The third kappa shape index (κ3) is 4.04. The monoisotopic (exact) mass is 433 g/mol. The molecule has 0 spiro atoms. The third-order valence-electron chi connectivity index (χ3n) is 5.27. The summed E-state index contributed by atoms with van der Waals surface area (Å²) < 4.78 is 1.56. The van der Waals surface area contributed by atoms with E-state index in [1.165, 1.54) is 35.9 Å². The number of hydrogen-bond donors (Lipinski definition) is 1. The summed E-state index contributed by atoms with van der Waals surface area (Å²) in [7, 11) is 1.73. The Labute approximate surface area is 176 Å². The van der Waals surface area contributed by atoms with Crippen LogP contribution in [-0.4, -0.2) is 27.3 Å². The molecule has 148 valence electrons. The maximum atomic E-state index is 12.9. The van der Waals surface area contributed by atoms with Crippen molar-refractivity contribution >= 4 is 50.6 Å². The molecule has 0 saturated heterocycles. The van der Waals surface area contributed by atoms with Gasteiger partial charge in [0.15, 0.2) is 5.16 Å². The lowest BCUT2D eigenvalue weighted by Crippen LogP contribution is -2.38. The van der Waals surface area contributed by atoms with E-state index >= 15 is 0 Å². The van der Waals surface area contributed by atoms with Gasteiger partial charge in [0.2, 0.25) is 5.91 Å². The molecule has 0 atom stereocenters. The van der Waals surface area contributed by atoms with Gasteiger partial charge in [0.25, 0.3) is 5.56 Å². The Morgan fingerprint density at radius 3 is 2.82 bits per heavy atom. The zero-order valence-corrected chi connectivity index (χ0v) is 18.4. The first-order valence-corrected chi connectivity index (χ1v) is 12.2. The van der Waals surface area contributed by atoms with Gasteiger partial charge >= 0.3 is 0 Å². The van der Waals surface area contributed by atoms with E-state index in [0.29, 0.717) is 10.5 Å². The molecule has 0 unspecified atom stereocenters. The second kappa shape index (κ2) is 8.39. The van der Waals surface area contributed by atoms with E-state index in [0.717, 1.165) is 34.0 Å². The normalized spacial score (nSPS) is 19.8. The SMILES string of the molecule is CC1CCC(NC(=O)CSc2nc3scc(-c4cccs4)c3c(=O)n2C)CC1. The summed E-state index contributed by atoms with van der Waals surface area (Å²) in [4.78, 5) is 31.8. The van der Waals surface area contributed by atoms with E-state index in [2.05, 4.69) is 17.2 Å². The van der Waals surface area contributed by atoms with E-state index in [-0.39, 0.29) is 23.3 Å². The molecule has 4 rings (SSSR count). The summed E-state index contributed by atoms with van der Waals surface area (Å²) >= 11 is 4.43. The Balaban J connectivity index is 1.48. The molecule has 1 aliphatic carbocycles. The van der Waals surface area contributed by atoms with Gasteiger partial charge in [-0.3, -0.25) is 14.2 Å².